The summed E-state index contributed by atoms with van der Waals surface area (Å²) in [6.07, 6.45) is 30.1. The number of phenols is 2. The van der Waals surface area contributed by atoms with Crippen LogP contribution in [-0.2, 0) is 121 Å². The van der Waals surface area contributed by atoms with E-state index >= 15 is 0 Å². The lowest BCUT2D eigenvalue weighted by atomic mass is 9.52. The molecule has 4 saturated heterocycles. The number of alkyl halides is 2. The van der Waals surface area contributed by atoms with Gasteiger partial charge in [0.2, 0.25) is 13.5 Å². The van der Waals surface area contributed by atoms with E-state index in [0.717, 1.165) is 94.3 Å². The summed E-state index contributed by atoms with van der Waals surface area (Å²) in [5.41, 5.74) is 23.2. The fourth-order valence-corrected chi connectivity index (χ4v) is 27.5. The first-order chi connectivity index (χ1) is 69.4. The first-order valence-electron chi connectivity index (χ1n) is 54.1. The molecule has 0 radical (unpaired) electrons. The van der Waals surface area contributed by atoms with Crippen LogP contribution in [0.4, 0.5) is 4.39 Å². The van der Waals surface area contributed by atoms with Crippen LogP contribution in [-0.4, -0.2) is 182 Å². The third-order valence-corrected chi connectivity index (χ3v) is 35.4. The molecule has 4 aliphatic heterocycles. The van der Waals surface area contributed by atoms with E-state index in [9.17, 15) is 38.6 Å². The number of phenolic OH excluding ortho intramolecular Hbond substituents is 2. The van der Waals surface area contributed by atoms with Crippen LogP contribution in [0.2, 0.25) is 0 Å². The Bertz CT molecular complexity index is 5530. The summed E-state index contributed by atoms with van der Waals surface area (Å²) in [6, 6.07) is 67.2. The van der Waals surface area contributed by atoms with Crippen LogP contribution in [0.5, 0.6) is 23.0 Å². The van der Waals surface area contributed by atoms with Gasteiger partial charge < -0.3 is 88.8 Å². The van der Waals surface area contributed by atoms with E-state index in [2.05, 4.69) is 147 Å². The standard InChI is InChI=1S/C39H48NO5.C24H29NO.C23H34N2O3.C17H23NO.C15H19ClO4.C2H6O.CH3F.CH4.3ClH/c1-28(2)33(24-37(41)44-26-30-14-8-5-9-15-30)38(42)45-27-40(3)21-20-39-19-11-10-16-34(39)36(40)22-31-17-18-32(23-35(31)39)43-25-29-12-6-4-7-13-29;1-25-14-13-24-12-6-5-9-21(24)23(25)15-19-10-11-20(16-22(19)24)26-17-18-7-3-2-4-8-18;1-15(2)21(24)22(27)28-14-25(3)11-10-23-9-5-4-6-18(23)20(25)12-16-7-8-17(26)13-19(16)23;1-18-9-8-17-7-3-2-4-14(17)16(18)10-12-5-6-13(19)11-15(12)17;1-11(2)13(15(18)20-10-16)8-14(17)19-9-12-6-4-3-5-7-12;1-2-3;1-2;;;;/h4-9,12-15,17-18,23,28,33-34,36H,10-11,16,19-22,24-27H2,1-3H3;2-4,7-8,10-11,16,21,23H,5-6,9,12-15,17H2,1H3;7-8,13,15,18,20-21H,4-6,9-12,14,24H2,1-3H3;5-6,11,14,16,19H,2-4,7-10H2,1H3;3-7,11,13H,8-10H2,1-2H3;3H,2H2,1H3;1H3;1H4;3*1H/q+1;;;;;;;;;;/p-1/t33?,34-,36+,39+,40?;21-,23+,24+;18-,20+,21?,23+,25?;14-,16+,17+;;;;;;;/m0000......./s1/i;;;;;;1D;;;;. The predicted molar refractivity (Wildman–Crippen MR) is 575 cm³/mol. The molecule has 8 aromatic carbocycles. The number of quaternary nitrogens is 2. The van der Waals surface area contributed by atoms with Gasteiger partial charge in [0.15, 0.2) is 6.07 Å². The fraction of sp³-hybridized carbons (Fsp3) is 0.566. The average molecular weight is 2110 g/mol. The number of carbonyl (C=O) groups is 5. The van der Waals surface area contributed by atoms with E-state index in [4.69, 9.17) is 57.0 Å². The molecule has 8 aromatic rings. The highest BCUT2D eigenvalue weighted by molar-refractivity contribution is 6.17. The van der Waals surface area contributed by atoms with Crippen LogP contribution < -0.4 is 40.0 Å². The molecule has 12 aliphatic rings. The molecule has 8 fully saturated rings. The van der Waals surface area contributed by atoms with Crippen molar-refractivity contribution >= 4 is 53.9 Å². The smallest absolute Gasteiger partial charge is 0.327 e. The highest BCUT2D eigenvalue weighted by atomic mass is 35.5. The number of piperidine rings is 4. The van der Waals surface area contributed by atoms with Gasteiger partial charge >= 0.3 is 29.8 Å². The maximum absolute atomic E-state index is 13.5. The van der Waals surface area contributed by atoms with Gasteiger partial charge in [0.25, 0.3) is 0 Å². The van der Waals surface area contributed by atoms with Crippen LogP contribution in [0.1, 0.15) is 265 Å². The number of carbonyl (C=O) groups excluding carboxylic acids is 5. The van der Waals surface area contributed by atoms with Crippen LogP contribution in [0, 0.1) is 53.3 Å². The molecule has 147 heavy (non-hydrogen) atoms. The molecule has 5 unspecified atom stereocenters. The Morgan fingerprint density at radius 2 is 0.755 bits per heavy atom. The van der Waals surface area contributed by atoms with Crippen molar-refractivity contribution in [1.82, 2.24) is 9.80 Å². The number of aliphatic hydroxyl groups is 1. The lowest BCUT2D eigenvalue weighted by Gasteiger charge is -2.61. The molecule has 806 valence electrons. The third kappa shape index (κ3) is 27.8. The number of aromatic hydroxyl groups is 2. The second-order valence-corrected chi connectivity index (χ2v) is 44.8. The third-order valence-electron chi connectivity index (χ3n) is 35.3. The van der Waals surface area contributed by atoms with Gasteiger partial charge in [0, 0.05) is 77.9 Å². The number of esters is 5. The van der Waals surface area contributed by atoms with Crippen LogP contribution in [0.25, 0.3) is 0 Å². The SMILES string of the molecule is C.CC(C)C(CC(=O)OCc1ccccc1)C(=O)OCCl.CC(C)C(CC(=O)OCc1ccccc1)C(=O)OC[N+]1(C)CC[C@]23CCCC[C@H]2[C@H]1Cc1ccc(OCc2ccccc2)cc13.CC(C)C(N)C(=O)OC[N+]1(C)CC[C@]23CCCC[C@H]2[C@H]1Cc1ccc(O)cc13.CCO.CN1CC[C@]23CCCC[C@H]2[C@H]1Cc1ccc(O)cc13.CN1CC[C@]23CCCC[C@H]2[C@H]1Cc1ccc(OCc2ccccc2)cc13.Cl.[2H]CF.[Cl-].[Cl-]. The number of nitrogens with zero attached hydrogens (tertiary/aromatic N) is 4. The summed E-state index contributed by atoms with van der Waals surface area (Å²) in [5.74, 6) is 2.78. The molecule has 20 nitrogen and oxygen atoms in total. The molecule has 0 aromatic heterocycles. The Hall–Kier alpha value is -8.84. The van der Waals surface area contributed by atoms with E-state index in [1.807, 2.05) is 126 Å². The number of fused-ring (bicyclic) bond motifs is 4. The van der Waals surface area contributed by atoms with Crippen molar-refractivity contribution in [2.24, 2.45) is 59.0 Å². The van der Waals surface area contributed by atoms with Gasteiger partial charge in [-0.05, 0) is 256 Å². The number of likely N-dealkylation sites (N-methyl/N-ethyl adjacent to an activating group) is 4. The number of ether oxygens (including phenoxy) is 7. The van der Waals surface area contributed by atoms with Gasteiger partial charge in [-0.25, -0.2) is 0 Å². The maximum atomic E-state index is 13.5. The summed E-state index contributed by atoms with van der Waals surface area (Å²) >= 11 is 5.36. The summed E-state index contributed by atoms with van der Waals surface area (Å²) < 4.78 is 56.8. The van der Waals surface area contributed by atoms with Crippen molar-refractivity contribution in [3.8, 4) is 23.0 Å². The summed E-state index contributed by atoms with van der Waals surface area (Å²) in [6.45, 7) is 20.3. The van der Waals surface area contributed by atoms with Crippen molar-refractivity contribution in [2.75, 3.05) is 87.7 Å². The molecule has 5 N–H and O–H groups in total. The Labute approximate surface area is 901 Å². The molecule has 25 heteroatoms. The quantitative estimate of drug-likeness (QED) is 0.0180. The number of rotatable bonds is 25. The van der Waals surface area contributed by atoms with Gasteiger partial charge in [-0.15, -0.1) is 12.4 Å². The van der Waals surface area contributed by atoms with Gasteiger partial charge in [0.1, 0.15) is 55.5 Å². The minimum absolute atomic E-state index is 0. The van der Waals surface area contributed by atoms with Crippen molar-refractivity contribution in [2.45, 2.75) is 301 Å². The predicted octanol–water partition coefficient (Wildman–Crippen LogP) is 17.3. The summed E-state index contributed by atoms with van der Waals surface area (Å²) in [4.78, 5) is 67.2. The molecular weight excluding hydrogens is 1940 g/mol. The van der Waals surface area contributed by atoms with Crippen molar-refractivity contribution in [3.63, 3.8) is 0 Å². The van der Waals surface area contributed by atoms with E-state index in [-0.39, 0.29) is 130 Å². The number of likely N-dealkylation sites (tertiary alicyclic amines) is 4. The largest absolute Gasteiger partial charge is 1.00 e. The van der Waals surface area contributed by atoms with Gasteiger partial charge in [0.05, 0.1) is 72.5 Å². The molecule has 20 rings (SSSR count). The van der Waals surface area contributed by atoms with Crippen molar-refractivity contribution < 1.29 is 112 Å². The zero-order valence-electron chi connectivity index (χ0n) is 89.2. The fourth-order valence-electron chi connectivity index (χ4n) is 27.4. The van der Waals surface area contributed by atoms with Gasteiger partial charge in [-0.1, -0.05) is 258 Å². The number of nitrogens with two attached hydrogens (primary N) is 1. The number of hydrogen-bond acceptors (Lipinski definition) is 18. The zero-order valence-corrected chi connectivity index (χ0v) is 91.2. The van der Waals surface area contributed by atoms with Crippen molar-refractivity contribution in [3.05, 3.63) is 261 Å². The Kier molecular flexibility index (Phi) is 44.2. The molecule has 0 spiro atoms. The highest BCUT2D eigenvalue weighted by Gasteiger charge is 2.63. The topological polar surface area (TPSA) is 243 Å². The van der Waals surface area contributed by atoms with Gasteiger partial charge in [-0.2, -0.15) is 0 Å². The van der Waals surface area contributed by atoms with Crippen molar-refractivity contribution in [1.29, 1.82) is 0 Å². The minimum atomic E-state index is -1.00. The minimum Gasteiger partial charge on any atom is -1.00 e. The molecule has 8 aliphatic carbocycles. The number of hydrogen-bond donors (Lipinski definition) is 4. The molecule has 4 heterocycles. The normalized spacial score (nSPS) is 26.7. The molecule has 4 saturated carbocycles. The van der Waals surface area contributed by atoms with E-state index in [0.29, 0.717) is 72.9 Å². The molecule has 0 amide bonds. The Morgan fingerprint density at radius 1 is 0.442 bits per heavy atom. The van der Waals surface area contributed by atoms with Crippen LogP contribution in [0.3, 0.4) is 0 Å². The van der Waals surface area contributed by atoms with E-state index in [1.165, 1.54) is 186 Å². The Balaban J connectivity index is 0.000000192. The summed E-state index contributed by atoms with van der Waals surface area (Å²) in [7, 11) is 8.17. The van der Waals surface area contributed by atoms with E-state index < -0.39 is 37.0 Å². The lowest BCUT2D eigenvalue weighted by Crippen LogP contribution is -3.00. The maximum Gasteiger partial charge on any atom is 0.327 e. The van der Waals surface area contributed by atoms with Crippen LogP contribution in [0.15, 0.2) is 194 Å². The molecule has 8 bridgehead atoms. The lowest BCUT2D eigenvalue weighted by molar-refractivity contribution is -0.959. The second-order valence-electron chi connectivity index (χ2n) is 44.6. The Morgan fingerprint density at radius 3 is 1.10 bits per heavy atom. The number of benzene rings is 8. The first-order valence-corrected chi connectivity index (χ1v) is 53.9. The second kappa shape index (κ2) is 54.9. The van der Waals surface area contributed by atoms with E-state index in [1.54, 1.807) is 18.1 Å². The molecule has 17 atom stereocenters. The number of halogens is 5. The number of aliphatic hydroxyl groups excluding tert-OH is 1. The first kappa shape index (κ1) is 118. The zero-order chi connectivity index (χ0) is 103. The highest BCUT2D eigenvalue weighted by Crippen LogP contribution is 2.62. The molecular formula is C122H168Cl4FN5O15. The monoisotopic (exact) mass is 2100 g/mol. The summed E-state index contributed by atoms with van der Waals surface area (Å²) in [5, 5.41) is 27.6. The average Bonchev–Trinajstić information content (AvgIpc) is 0.707. The van der Waals surface area contributed by atoms with Gasteiger partial charge in [-0.3, -0.25) is 37.3 Å². The van der Waals surface area contributed by atoms with Crippen LogP contribution >= 0.6 is 24.0 Å².